The zero-order valence-electron chi connectivity index (χ0n) is 10.9. The Morgan fingerprint density at radius 1 is 1.17 bits per heavy atom. The van der Waals surface area contributed by atoms with E-state index in [-0.39, 0.29) is 4.92 Å². The molecular weight excluding hydrogens is 238 g/mol. The Labute approximate surface area is 106 Å². The van der Waals surface area contributed by atoms with Crippen LogP contribution in [-0.2, 0) is 6.42 Å². The maximum Gasteiger partial charge on any atom is 0.214 e. The van der Waals surface area contributed by atoms with Crippen molar-refractivity contribution in [1.29, 1.82) is 0 Å². The number of hydrogen-bond donors (Lipinski definition) is 0. The zero-order valence-corrected chi connectivity index (χ0v) is 10.9. The van der Waals surface area contributed by atoms with Gasteiger partial charge in [0.05, 0.1) is 21.3 Å². The van der Waals surface area contributed by atoms with Gasteiger partial charge in [-0.15, -0.1) is 0 Å². The SMILES string of the molecule is COc1cc(CC(C)[N+](=O)[O-])cc(OC)c1OC. The van der Waals surface area contributed by atoms with Crippen molar-refractivity contribution in [3.05, 3.63) is 27.8 Å². The maximum atomic E-state index is 10.7. The van der Waals surface area contributed by atoms with Crippen LogP contribution in [0.1, 0.15) is 12.5 Å². The van der Waals surface area contributed by atoms with E-state index in [2.05, 4.69) is 0 Å². The second-order valence-electron chi connectivity index (χ2n) is 3.87. The van der Waals surface area contributed by atoms with E-state index >= 15 is 0 Å². The van der Waals surface area contributed by atoms with Crippen LogP contribution >= 0.6 is 0 Å². The van der Waals surface area contributed by atoms with Crippen molar-refractivity contribution in [3.63, 3.8) is 0 Å². The first-order valence-electron chi connectivity index (χ1n) is 5.45. The molecule has 1 atom stereocenters. The van der Waals surface area contributed by atoms with E-state index in [1.165, 1.54) is 21.3 Å². The average Bonchev–Trinajstić information content (AvgIpc) is 2.37. The van der Waals surface area contributed by atoms with Gasteiger partial charge in [-0.2, -0.15) is 0 Å². The Balaban J connectivity index is 3.11. The van der Waals surface area contributed by atoms with E-state index in [1.54, 1.807) is 19.1 Å². The van der Waals surface area contributed by atoms with E-state index in [1.807, 2.05) is 0 Å². The fourth-order valence-electron chi connectivity index (χ4n) is 1.67. The van der Waals surface area contributed by atoms with Crippen LogP contribution in [0, 0.1) is 10.1 Å². The smallest absolute Gasteiger partial charge is 0.214 e. The number of methoxy groups -OCH3 is 3. The molecule has 1 aromatic rings. The third-order valence-electron chi connectivity index (χ3n) is 2.62. The molecule has 0 N–H and O–H groups in total. The van der Waals surface area contributed by atoms with Crippen LogP contribution < -0.4 is 14.2 Å². The van der Waals surface area contributed by atoms with Crippen LogP contribution in [0.25, 0.3) is 0 Å². The molecule has 6 heteroatoms. The maximum absolute atomic E-state index is 10.7. The van der Waals surface area contributed by atoms with Crippen molar-refractivity contribution >= 4 is 0 Å². The van der Waals surface area contributed by atoms with Crippen LogP contribution in [0.2, 0.25) is 0 Å². The summed E-state index contributed by atoms with van der Waals surface area (Å²) in [5.41, 5.74) is 0.772. The van der Waals surface area contributed by atoms with Crippen LogP contribution in [0.15, 0.2) is 12.1 Å². The summed E-state index contributed by atoms with van der Waals surface area (Å²) < 4.78 is 15.6. The first-order chi connectivity index (χ1) is 8.53. The minimum atomic E-state index is -0.659. The van der Waals surface area contributed by atoms with E-state index < -0.39 is 6.04 Å². The van der Waals surface area contributed by atoms with Gasteiger partial charge in [-0.05, 0) is 17.7 Å². The molecule has 0 fully saturated rings. The third-order valence-corrected chi connectivity index (χ3v) is 2.62. The summed E-state index contributed by atoms with van der Waals surface area (Å²) in [4.78, 5) is 10.3. The lowest BCUT2D eigenvalue weighted by molar-refractivity contribution is -0.517. The summed E-state index contributed by atoms with van der Waals surface area (Å²) in [5.74, 6) is 1.49. The van der Waals surface area contributed by atoms with E-state index in [4.69, 9.17) is 14.2 Å². The van der Waals surface area contributed by atoms with Gasteiger partial charge < -0.3 is 14.2 Å². The second kappa shape index (κ2) is 6.09. The highest BCUT2D eigenvalue weighted by atomic mass is 16.6. The predicted molar refractivity (Wildman–Crippen MR) is 66.3 cm³/mol. The molecule has 100 valence electrons. The molecule has 0 heterocycles. The number of hydrogen-bond acceptors (Lipinski definition) is 5. The van der Waals surface area contributed by atoms with Crippen molar-refractivity contribution in [3.8, 4) is 17.2 Å². The molecule has 0 aliphatic rings. The standard InChI is InChI=1S/C12H17NO5/c1-8(13(14)15)5-9-6-10(16-2)12(18-4)11(7-9)17-3/h6-8H,5H2,1-4H3. The average molecular weight is 255 g/mol. The van der Waals surface area contributed by atoms with Crippen LogP contribution in [0.3, 0.4) is 0 Å². The Hall–Kier alpha value is -1.98. The summed E-state index contributed by atoms with van der Waals surface area (Å²) in [7, 11) is 4.54. The van der Waals surface area contributed by atoms with Crippen molar-refractivity contribution in [1.82, 2.24) is 0 Å². The van der Waals surface area contributed by atoms with E-state index in [9.17, 15) is 10.1 Å². The fourth-order valence-corrected chi connectivity index (χ4v) is 1.67. The summed E-state index contributed by atoms with van der Waals surface area (Å²) in [6.45, 7) is 1.56. The largest absolute Gasteiger partial charge is 0.493 e. The molecule has 0 aliphatic carbocycles. The van der Waals surface area contributed by atoms with Crippen molar-refractivity contribution in [2.75, 3.05) is 21.3 Å². The van der Waals surface area contributed by atoms with Crippen molar-refractivity contribution in [2.24, 2.45) is 0 Å². The Bertz CT molecular complexity index is 407. The molecule has 0 aromatic heterocycles. The first kappa shape index (κ1) is 14.1. The fraction of sp³-hybridized carbons (Fsp3) is 0.500. The summed E-state index contributed by atoms with van der Waals surface area (Å²) in [5, 5.41) is 10.7. The second-order valence-corrected chi connectivity index (χ2v) is 3.87. The third kappa shape index (κ3) is 3.03. The minimum absolute atomic E-state index is 0.309. The molecule has 0 saturated carbocycles. The van der Waals surface area contributed by atoms with Gasteiger partial charge in [0, 0.05) is 18.3 Å². The predicted octanol–water partition coefficient (Wildman–Crippen LogP) is 1.92. The molecule has 0 radical (unpaired) electrons. The topological polar surface area (TPSA) is 70.8 Å². The lowest BCUT2D eigenvalue weighted by Crippen LogP contribution is -2.17. The molecule has 1 rings (SSSR count). The Morgan fingerprint density at radius 3 is 2.00 bits per heavy atom. The van der Waals surface area contributed by atoms with Crippen LogP contribution in [-0.4, -0.2) is 32.3 Å². The van der Waals surface area contributed by atoms with Gasteiger partial charge in [-0.1, -0.05) is 0 Å². The molecule has 6 nitrogen and oxygen atoms in total. The highest BCUT2D eigenvalue weighted by molar-refractivity contribution is 5.53. The van der Waals surface area contributed by atoms with Gasteiger partial charge in [-0.3, -0.25) is 10.1 Å². The summed E-state index contributed by atoms with van der Waals surface area (Å²) in [6.07, 6.45) is 0.309. The lowest BCUT2D eigenvalue weighted by atomic mass is 10.1. The molecule has 0 aliphatic heterocycles. The first-order valence-corrected chi connectivity index (χ1v) is 5.45. The minimum Gasteiger partial charge on any atom is -0.493 e. The van der Waals surface area contributed by atoms with Gasteiger partial charge >= 0.3 is 0 Å². The summed E-state index contributed by atoms with van der Waals surface area (Å²) in [6, 6.07) is 2.79. The molecule has 1 aromatic carbocycles. The molecule has 1 unspecified atom stereocenters. The van der Waals surface area contributed by atoms with Crippen molar-refractivity contribution < 1.29 is 19.1 Å². The molecule has 0 amide bonds. The normalized spacial score (nSPS) is 11.8. The molecule has 18 heavy (non-hydrogen) atoms. The number of rotatable bonds is 6. The summed E-state index contributed by atoms with van der Waals surface area (Å²) >= 11 is 0. The molecular formula is C12H17NO5. The molecule has 0 bridgehead atoms. The van der Waals surface area contributed by atoms with Crippen molar-refractivity contribution in [2.45, 2.75) is 19.4 Å². The van der Waals surface area contributed by atoms with Gasteiger partial charge in [0.1, 0.15) is 0 Å². The lowest BCUT2D eigenvalue weighted by Gasteiger charge is -2.14. The molecule has 0 saturated heterocycles. The number of benzene rings is 1. The van der Waals surface area contributed by atoms with Crippen LogP contribution in [0.4, 0.5) is 0 Å². The van der Waals surface area contributed by atoms with E-state index in [0.29, 0.717) is 23.7 Å². The Kier molecular flexibility index (Phi) is 4.76. The number of nitrogens with zero attached hydrogens (tertiary/aromatic N) is 1. The quantitative estimate of drug-likeness (QED) is 0.573. The van der Waals surface area contributed by atoms with Gasteiger partial charge in [0.15, 0.2) is 11.5 Å². The van der Waals surface area contributed by atoms with Gasteiger partial charge in [0.25, 0.3) is 0 Å². The molecule has 0 spiro atoms. The highest BCUT2D eigenvalue weighted by Gasteiger charge is 2.18. The highest BCUT2D eigenvalue weighted by Crippen LogP contribution is 2.38. The van der Waals surface area contributed by atoms with Crippen LogP contribution in [0.5, 0.6) is 17.2 Å². The number of nitro groups is 1. The Morgan fingerprint density at radius 2 is 1.67 bits per heavy atom. The zero-order chi connectivity index (χ0) is 13.7. The number of ether oxygens (including phenoxy) is 3. The monoisotopic (exact) mass is 255 g/mol. The van der Waals surface area contributed by atoms with Gasteiger partial charge in [-0.25, -0.2) is 0 Å². The van der Waals surface area contributed by atoms with Gasteiger partial charge in [0.2, 0.25) is 11.8 Å². The van der Waals surface area contributed by atoms with E-state index in [0.717, 1.165) is 5.56 Å².